The van der Waals surface area contributed by atoms with Crippen LogP contribution in [0.3, 0.4) is 0 Å². The number of hydrogen-bond donors (Lipinski definition) is 1. The Kier molecular flexibility index (Phi) is 4.79. The fourth-order valence-electron chi connectivity index (χ4n) is 1.48. The molecule has 0 heterocycles. The van der Waals surface area contributed by atoms with Crippen molar-refractivity contribution in [2.75, 3.05) is 6.54 Å². The number of nitrogens with one attached hydrogen (secondary N) is 1. The van der Waals surface area contributed by atoms with Crippen molar-refractivity contribution in [1.82, 2.24) is 5.32 Å². The first-order valence-electron chi connectivity index (χ1n) is 6.11. The zero-order valence-electron chi connectivity index (χ0n) is 11.1. The summed E-state index contributed by atoms with van der Waals surface area (Å²) >= 11 is 0. The largest absolute Gasteiger partial charge is 0.416 e. The molecule has 0 saturated heterocycles. The highest BCUT2D eigenvalue weighted by Gasteiger charge is 2.29. The number of hydrogen-bond acceptors (Lipinski definition) is 1. The van der Waals surface area contributed by atoms with Gasteiger partial charge in [0, 0.05) is 13.1 Å². The van der Waals surface area contributed by atoms with Crippen molar-refractivity contribution in [3.63, 3.8) is 0 Å². The van der Waals surface area contributed by atoms with Gasteiger partial charge in [0.1, 0.15) is 0 Å². The van der Waals surface area contributed by atoms with Crippen LogP contribution in [-0.4, -0.2) is 6.54 Å². The van der Waals surface area contributed by atoms with E-state index in [0.717, 1.165) is 30.7 Å². The molecule has 1 rings (SSSR count). The van der Waals surface area contributed by atoms with Gasteiger partial charge < -0.3 is 5.32 Å². The van der Waals surface area contributed by atoms with E-state index < -0.39 is 11.7 Å². The second kappa shape index (κ2) is 5.74. The van der Waals surface area contributed by atoms with Crippen molar-refractivity contribution in [3.05, 3.63) is 35.4 Å². The van der Waals surface area contributed by atoms with E-state index in [1.165, 1.54) is 12.1 Å². The van der Waals surface area contributed by atoms with E-state index in [0.29, 0.717) is 6.54 Å². The van der Waals surface area contributed by atoms with E-state index in [1.807, 2.05) is 0 Å². The highest BCUT2D eigenvalue weighted by molar-refractivity contribution is 5.24. The molecule has 1 aromatic carbocycles. The molecule has 1 N–H and O–H groups in total. The molecule has 0 aliphatic heterocycles. The minimum Gasteiger partial charge on any atom is -0.312 e. The lowest BCUT2D eigenvalue weighted by atomic mass is 9.90. The van der Waals surface area contributed by atoms with Crippen LogP contribution in [0.1, 0.15) is 38.3 Å². The zero-order chi connectivity index (χ0) is 13.8. The number of rotatable bonds is 5. The molecule has 102 valence electrons. The Labute approximate surface area is 106 Å². The molecule has 4 heteroatoms. The molecule has 0 bridgehead atoms. The van der Waals surface area contributed by atoms with Crippen molar-refractivity contribution in [2.24, 2.45) is 5.41 Å². The highest BCUT2D eigenvalue weighted by Crippen LogP contribution is 2.29. The average molecular weight is 259 g/mol. The van der Waals surface area contributed by atoms with E-state index in [-0.39, 0.29) is 5.41 Å². The summed E-state index contributed by atoms with van der Waals surface area (Å²) in [5, 5.41) is 3.27. The van der Waals surface area contributed by atoms with E-state index in [4.69, 9.17) is 0 Å². The van der Waals surface area contributed by atoms with Crippen LogP contribution < -0.4 is 5.32 Å². The summed E-state index contributed by atoms with van der Waals surface area (Å²) in [6, 6.07) is 5.30. The number of halogens is 3. The van der Waals surface area contributed by atoms with Crippen LogP contribution in [0.4, 0.5) is 13.2 Å². The lowest BCUT2D eigenvalue weighted by molar-refractivity contribution is -0.137. The van der Waals surface area contributed by atoms with Crippen molar-refractivity contribution in [3.8, 4) is 0 Å². The molecule has 0 radical (unpaired) electrons. The quantitative estimate of drug-likeness (QED) is 0.834. The first-order valence-corrected chi connectivity index (χ1v) is 6.11. The first-order chi connectivity index (χ1) is 8.24. The predicted octanol–water partition coefficient (Wildman–Crippen LogP) is 4.23. The Balaban J connectivity index is 2.50. The maximum Gasteiger partial charge on any atom is 0.416 e. The molecule has 0 saturated carbocycles. The molecule has 18 heavy (non-hydrogen) atoms. The smallest absolute Gasteiger partial charge is 0.312 e. The summed E-state index contributed by atoms with van der Waals surface area (Å²) in [6.07, 6.45) is -3.19. The van der Waals surface area contributed by atoms with Crippen molar-refractivity contribution in [1.29, 1.82) is 0 Å². The van der Waals surface area contributed by atoms with Gasteiger partial charge >= 0.3 is 6.18 Å². The standard InChI is InChI=1S/C14H20F3N/c1-4-13(2,3)10-18-9-11-5-7-12(8-6-11)14(15,16)17/h5-8,18H,4,9-10H2,1-3H3. The number of benzene rings is 1. The summed E-state index contributed by atoms with van der Waals surface area (Å²) in [5.74, 6) is 0. The third-order valence-corrected chi connectivity index (χ3v) is 3.17. The lowest BCUT2D eigenvalue weighted by Gasteiger charge is -2.23. The van der Waals surface area contributed by atoms with Gasteiger partial charge in [-0.1, -0.05) is 32.9 Å². The molecule has 0 aliphatic carbocycles. The molecule has 0 aliphatic rings. The predicted molar refractivity (Wildman–Crippen MR) is 67.2 cm³/mol. The van der Waals surface area contributed by atoms with Crippen LogP contribution >= 0.6 is 0 Å². The molecular weight excluding hydrogens is 239 g/mol. The van der Waals surface area contributed by atoms with Crippen molar-refractivity contribution < 1.29 is 13.2 Å². The summed E-state index contributed by atoms with van der Waals surface area (Å²) in [6.45, 7) is 7.89. The maximum atomic E-state index is 12.4. The lowest BCUT2D eigenvalue weighted by Crippen LogP contribution is -2.28. The summed E-state index contributed by atoms with van der Waals surface area (Å²) in [7, 11) is 0. The van der Waals surface area contributed by atoms with E-state index in [1.54, 1.807) is 0 Å². The fourth-order valence-corrected chi connectivity index (χ4v) is 1.48. The van der Waals surface area contributed by atoms with Gasteiger partial charge in [0.15, 0.2) is 0 Å². The Bertz CT molecular complexity index is 366. The van der Waals surface area contributed by atoms with E-state index in [2.05, 4.69) is 26.1 Å². The van der Waals surface area contributed by atoms with Gasteiger partial charge in [0.2, 0.25) is 0 Å². The van der Waals surface area contributed by atoms with Crippen LogP contribution in [-0.2, 0) is 12.7 Å². The van der Waals surface area contributed by atoms with Gasteiger partial charge in [0.25, 0.3) is 0 Å². The first kappa shape index (κ1) is 15.0. The molecule has 0 spiro atoms. The third kappa shape index (κ3) is 4.69. The second-order valence-corrected chi connectivity index (χ2v) is 5.32. The fraction of sp³-hybridized carbons (Fsp3) is 0.571. The summed E-state index contributed by atoms with van der Waals surface area (Å²) in [5.41, 5.74) is 0.487. The van der Waals surface area contributed by atoms with Crippen LogP contribution in [0.15, 0.2) is 24.3 Å². The van der Waals surface area contributed by atoms with Crippen LogP contribution in [0.5, 0.6) is 0 Å². The van der Waals surface area contributed by atoms with Crippen LogP contribution in [0, 0.1) is 5.41 Å². The zero-order valence-corrected chi connectivity index (χ0v) is 11.1. The van der Waals surface area contributed by atoms with Crippen LogP contribution in [0.25, 0.3) is 0 Å². The second-order valence-electron chi connectivity index (χ2n) is 5.32. The molecule has 0 aromatic heterocycles. The molecule has 0 amide bonds. The van der Waals surface area contributed by atoms with Crippen molar-refractivity contribution in [2.45, 2.75) is 39.9 Å². The average Bonchev–Trinajstić information content (AvgIpc) is 2.28. The molecule has 0 fully saturated rings. The maximum absolute atomic E-state index is 12.4. The van der Waals surface area contributed by atoms with Gasteiger partial charge in [-0.05, 0) is 29.5 Å². The minimum absolute atomic E-state index is 0.214. The van der Waals surface area contributed by atoms with Gasteiger partial charge in [0.05, 0.1) is 5.56 Å². The Morgan fingerprint density at radius 2 is 1.61 bits per heavy atom. The topological polar surface area (TPSA) is 12.0 Å². The Morgan fingerprint density at radius 1 is 1.06 bits per heavy atom. The van der Waals surface area contributed by atoms with Gasteiger partial charge in [-0.2, -0.15) is 13.2 Å². The highest BCUT2D eigenvalue weighted by atomic mass is 19.4. The minimum atomic E-state index is -4.25. The summed E-state index contributed by atoms with van der Waals surface area (Å²) in [4.78, 5) is 0. The molecule has 0 atom stereocenters. The van der Waals surface area contributed by atoms with Gasteiger partial charge in [-0.25, -0.2) is 0 Å². The van der Waals surface area contributed by atoms with E-state index >= 15 is 0 Å². The SMILES string of the molecule is CCC(C)(C)CNCc1ccc(C(F)(F)F)cc1. The van der Waals surface area contributed by atoms with E-state index in [9.17, 15) is 13.2 Å². The summed E-state index contributed by atoms with van der Waals surface area (Å²) < 4.78 is 37.1. The number of alkyl halides is 3. The Hall–Kier alpha value is -1.03. The molecule has 1 nitrogen and oxygen atoms in total. The van der Waals surface area contributed by atoms with Crippen LogP contribution in [0.2, 0.25) is 0 Å². The Morgan fingerprint density at radius 3 is 2.06 bits per heavy atom. The van der Waals surface area contributed by atoms with Gasteiger partial charge in [-0.3, -0.25) is 0 Å². The molecule has 1 aromatic rings. The van der Waals surface area contributed by atoms with Gasteiger partial charge in [-0.15, -0.1) is 0 Å². The molecule has 0 unspecified atom stereocenters. The molecular formula is C14H20F3N. The third-order valence-electron chi connectivity index (χ3n) is 3.17. The monoisotopic (exact) mass is 259 g/mol. The van der Waals surface area contributed by atoms with Crippen molar-refractivity contribution >= 4 is 0 Å². The normalized spacial score (nSPS) is 12.8.